The van der Waals surface area contributed by atoms with Crippen molar-refractivity contribution in [2.75, 3.05) is 10.5 Å². The van der Waals surface area contributed by atoms with Crippen LogP contribution in [0.1, 0.15) is 0 Å². The van der Waals surface area contributed by atoms with E-state index >= 15 is 0 Å². The highest BCUT2D eigenvalue weighted by molar-refractivity contribution is 7.93. The Morgan fingerprint density at radius 3 is 2.84 bits per heavy atom. The van der Waals surface area contributed by atoms with Crippen LogP contribution >= 0.6 is 0 Å². The minimum Gasteiger partial charge on any atom is -0.399 e. The number of nitrogens with two attached hydrogens (primary N) is 1. The van der Waals surface area contributed by atoms with Gasteiger partial charge in [0.05, 0.1) is 0 Å². The Balaban J connectivity index is 2.10. The number of benzene rings is 1. The van der Waals surface area contributed by atoms with Crippen molar-refractivity contribution in [1.29, 1.82) is 0 Å². The molecule has 0 atom stereocenters. The lowest BCUT2D eigenvalue weighted by Gasteiger charge is -2.04. The van der Waals surface area contributed by atoms with Crippen molar-refractivity contribution in [1.82, 2.24) is 15.0 Å². The van der Waals surface area contributed by atoms with Crippen molar-refractivity contribution in [3.63, 3.8) is 0 Å². The van der Waals surface area contributed by atoms with Gasteiger partial charge in [-0.3, -0.25) is 0 Å². The summed E-state index contributed by atoms with van der Waals surface area (Å²) in [5.41, 5.74) is 6.89. The zero-order valence-electron chi connectivity index (χ0n) is 9.71. The first-order valence-corrected chi connectivity index (χ1v) is 6.93. The molecule has 0 radical (unpaired) electrons. The number of aromatic amines is 2. The van der Waals surface area contributed by atoms with Gasteiger partial charge in [0, 0.05) is 35.2 Å². The van der Waals surface area contributed by atoms with Crippen LogP contribution < -0.4 is 10.5 Å². The second kappa shape index (κ2) is 4.02. The number of aromatic nitrogens is 3. The summed E-state index contributed by atoms with van der Waals surface area (Å²) in [5, 5.41) is 0.541. The lowest BCUT2D eigenvalue weighted by atomic mass is 10.2. The van der Waals surface area contributed by atoms with Crippen LogP contribution in [0.2, 0.25) is 0 Å². The predicted octanol–water partition coefficient (Wildman–Crippen LogP) is 1.27. The molecule has 1 aromatic carbocycles. The number of rotatable bonds is 3. The molecule has 0 aliphatic heterocycles. The Bertz CT molecular complexity index is 820. The molecule has 8 heteroatoms. The van der Waals surface area contributed by atoms with Gasteiger partial charge in [-0.2, -0.15) is 0 Å². The van der Waals surface area contributed by atoms with Crippen LogP contribution in [0.15, 0.2) is 41.7 Å². The summed E-state index contributed by atoms with van der Waals surface area (Å²) >= 11 is 0. The molecular formula is C11H11N5O2S. The van der Waals surface area contributed by atoms with Crippen LogP contribution in [0.5, 0.6) is 0 Å². The third-order valence-electron chi connectivity index (χ3n) is 2.69. The molecule has 0 bridgehead atoms. The molecule has 3 rings (SSSR count). The highest BCUT2D eigenvalue weighted by atomic mass is 32.2. The predicted molar refractivity (Wildman–Crippen MR) is 72.1 cm³/mol. The number of hydrogen-bond acceptors (Lipinski definition) is 4. The van der Waals surface area contributed by atoms with E-state index in [9.17, 15) is 8.42 Å². The number of fused-ring (bicyclic) bond motifs is 1. The van der Waals surface area contributed by atoms with Crippen molar-refractivity contribution in [2.24, 2.45) is 0 Å². The molecule has 2 aromatic heterocycles. The number of nitrogen functional groups attached to an aromatic ring is 1. The standard InChI is InChI=1S/C11H11N5O2S/c12-7-1-2-9-8(5-7)10(6-15-9)19(17,18)16-11-13-3-4-14-11/h1-6,15H,12H2,(H2,13,14,16). The van der Waals surface area contributed by atoms with Gasteiger partial charge in [0.2, 0.25) is 5.95 Å². The fourth-order valence-electron chi connectivity index (χ4n) is 1.84. The highest BCUT2D eigenvalue weighted by Gasteiger charge is 2.20. The number of nitrogens with zero attached hydrogens (tertiary/aromatic N) is 1. The molecule has 0 aliphatic rings. The van der Waals surface area contributed by atoms with E-state index < -0.39 is 10.0 Å². The van der Waals surface area contributed by atoms with Gasteiger partial charge in [-0.05, 0) is 18.2 Å². The minimum absolute atomic E-state index is 0.131. The Morgan fingerprint density at radius 2 is 2.11 bits per heavy atom. The quantitative estimate of drug-likeness (QED) is 0.539. The molecular weight excluding hydrogens is 266 g/mol. The highest BCUT2D eigenvalue weighted by Crippen LogP contribution is 2.25. The monoisotopic (exact) mass is 277 g/mol. The molecule has 0 saturated heterocycles. The minimum atomic E-state index is -3.71. The van der Waals surface area contributed by atoms with E-state index in [0.717, 1.165) is 0 Å². The number of sulfonamides is 1. The van der Waals surface area contributed by atoms with Gasteiger partial charge in [-0.15, -0.1) is 0 Å². The molecule has 0 spiro atoms. The third kappa shape index (κ3) is 2.02. The zero-order chi connectivity index (χ0) is 13.5. The molecule has 0 fully saturated rings. The second-order valence-corrected chi connectivity index (χ2v) is 5.65. The number of nitrogens with one attached hydrogen (secondary N) is 3. The summed E-state index contributed by atoms with van der Waals surface area (Å²) < 4.78 is 26.9. The van der Waals surface area contributed by atoms with E-state index in [0.29, 0.717) is 16.6 Å². The maximum Gasteiger partial charge on any atom is 0.266 e. The van der Waals surface area contributed by atoms with Crippen molar-refractivity contribution >= 4 is 32.6 Å². The maximum absolute atomic E-state index is 12.3. The van der Waals surface area contributed by atoms with Crippen LogP contribution in [-0.4, -0.2) is 23.4 Å². The average molecular weight is 277 g/mol. The summed E-state index contributed by atoms with van der Waals surface area (Å²) in [6.07, 6.45) is 4.42. The normalized spacial score (nSPS) is 11.8. The molecule has 2 heterocycles. The Labute approximate surface area is 108 Å². The number of anilines is 2. The Kier molecular flexibility index (Phi) is 2.46. The van der Waals surface area contributed by atoms with E-state index in [4.69, 9.17) is 5.73 Å². The first-order chi connectivity index (χ1) is 9.06. The van der Waals surface area contributed by atoms with Crippen LogP contribution in [0, 0.1) is 0 Å². The van der Waals surface area contributed by atoms with Crippen molar-refractivity contribution in [3.8, 4) is 0 Å². The fourth-order valence-corrected chi connectivity index (χ4v) is 2.99. The summed E-state index contributed by atoms with van der Waals surface area (Å²) in [5.74, 6) is 0.165. The number of H-pyrrole nitrogens is 2. The Morgan fingerprint density at radius 1 is 1.26 bits per heavy atom. The van der Waals surface area contributed by atoms with Crippen LogP contribution in [0.4, 0.5) is 11.6 Å². The first-order valence-electron chi connectivity index (χ1n) is 5.45. The van der Waals surface area contributed by atoms with E-state index in [2.05, 4.69) is 19.7 Å². The fraction of sp³-hybridized carbons (Fsp3) is 0. The summed E-state index contributed by atoms with van der Waals surface area (Å²) in [7, 11) is -3.71. The zero-order valence-corrected chi connectivity index (χ0v) is 10.5. The SMILES string of the molecule is Nc1ccc2[nH]cc(S(=O)(=O)Nc3ncc[nH]3)c2c1. The van der Waals surface area contributed by atoms with Gasteiger partial charge in [0.1, 0.15) is 4.90 Å². The van der Waals surface area contributed by atoms with Gasteiger partial charge in [0.25, 0.3) is 10.0 Å². The van der Waals surface area contributed by atoms with Crippen molar-refractivity contribution in [2.45, 2.75) is 4.90 Å². The lowest BCUT2D eigenvalue weighted by Crippen LogP contribution is -2.13. The number of imidazole rings is 1. The summed E-state index contributed by atoms with van der Waals surface area (Å²) in [6.45, 7) is 0. The largest absolute Gasteiger partial charge is 0.399 e. The van der Waals surface area contributed by atoms with Crippen molar-refractivity contribution in [3.05, 3.63) is 36.8 Å². The van der Waals surface area contributed by atoms with Gasteiger partial charge in [-0.1, -0.05) is 0 Å². The van der Waals surface area contributed by atoms with Crippen LogP contribution in [-0.2, 0) is 10.0 Å². The van der Waals surface area contributed by atoms with E-state index in [-0.39, 0.29) is 10.8 Å². The molecule has 3 aromatic rings. The molecule has 0 unspecified atom stereocenters. The maximum atomic E-state index is 12.3. The summed E-state index contributed by atoms with van der Waals surface area (Å²) in [4.78, 5) is 9.53. The van der Waals surface area contributed by atoms with E-state index in [1.54, 1.807) is 18.2 Å². The van der Waals surface area contributed by atoms with E-state index in [1.165, 1.54) is 18.6 Å². The summed E-state index contributed by atoms with van der Waals surface area (Å²) in [6, 6.07) is 5.05. The molecule has 0 amide bonds. The van der Waals surface area contributed by atoms with Gasteiger partial charge in [0.15, 0.2) is 0 Å². The van der Waals surface area contributed by atoms with E-state index in [1.807, 2.05) is 0 Å². The molecule has 0 aliphatic carbocycles. The van der Waals surface area contributed by atoms with Crippen molar-refractivity contribution < 1.29 is 8.42 Å². The molecule has 19 heavy (non-hydrogen) atoms. The first kappa shape index (κ1) is 11.6. The lowest BCUT2D eigenvalue weighted by molar-refractivity contribution is 0.601. The topological polar surface area (TPSA) is 117 Å². The van der Waals surface area contributed by atoms with Gasteiger partial charge >= 0.3 is 0 Å². The third-order valence-corrected chi connectivity index (χ3v) is 4.07. The molecule has 0 saturated carbocycles. The van der Waals surface area contributed by atoms with Crippen LogP contribution in [0.3, 0.4) is 0 Å². The van der Waals surface area contributed by atoms with Gasteiger partial charge < -0.3 is 15.7 Å². The number of hydrogen-bond donors (Lipinski definition) is 4. The molecule has 98 valence electrons. The average Bonchev–Trinajstić information content (AvgIpc) is 2.96. The van der Waals surface area contributed by atoms with Gasteiger partial charge in [-0.25, -0.2) is 18.1 Å². The van der Waals surface area contributed by atoms with Crippen LogP contribution in [0.25, 0.3) is 10.9 Å². The second-order valence-electron chi connectivity index (χ2n) is 4.00. The smallest absolute Gasteiger partial charge is 0.266 e. The molecule has 7 nitrogen and oxygen atoms in total. The molecule has 5 N–H and O–H groups in total. The Hall–Kier alpha value is -2.48.